The van der Waals surface area contributed by atoms with E-state index in [1.165, 1.54) is 0 Å². The van der Waals surface area contributed by atoms with Crippen LogP contribution >= 0.6 is 24.0 Å². The lowest BCUT2D eigenvalue weighted by molar-refractivity contribution is 0.658. The van der Waals surface area contributed by atoms with Crippen LogP contribution in [0.1, 0.15) is 23.6 Å². The molecule has 0 aliphatic rings. The maximum Gasteiger partial charge on any atom is 0.0408 e. The molecule has 0 fully saturated rings. The van der Waals surface area contributed by atoms with Crippen LogP contribution in [0.15, 0.2) is 18.2 Å². The van der Waals surface area contributed by atoms with Crippen LogP contribution in [0.5, 0.6) is 0 Å². The Bertz CT molecular complexity index is 289. The van der Waals surface area contributed by atoms with Gasteiger partial charge in [0.2, 0.25) is 0 Å². The molecule has 0 aliphatic heterocycles. The fourth-order valence-corrected chi connectivity index (χ4v) is 1.62. The summed E-state index contributed by atoms with van der Waals surface area (Å²) in [5.74, 6) is 0. The topological polar surface area (TPSA) is 52.0 Å². The number of hydrogen-bond donors (Lipinski definition) is 2. The maximum absolute atomic E-state index is 5.93. The predicted octanol–water partition coefficient (Wildman–Crippen LogP) is 2.42. The van der Waals surface area contributed by atoms with Crippen LogP contribution in [0, 0.1) is 6.92 Å². The van der Waals surface area contributed by atoms with E-state index in [1.54, 1.807) is 0 Å². The standard InChI is InChI=1S/C10H15ClN2.ClH/c1-7-6-8(11)2-3-9(7)10(13)4-5-12;/h2-3,6,10H,4-5,12-13H2,1H3;1H/t10-;/m0./s1. The van der Waals surface area contributed by atoms with E-state index in [4.69, 9.17) is 23.1 Å². The van der Waals surface area contributed by atoms with Crippen LogP contribution in [0.25, 0.3) is 0 Å². The Labute approximate surface area is 96.0 Å². The van der Waals surface area contributed by atoms with Crippen molar-refractivity contribution in [2.24, 2.45) is 11.5 Å². The van der Waals surface area contributed by atoms with Crippen molar-refractivity contribution in [2.45, 2.75) is 19.4 Å². The summed E-state index contributed by atoms with van der Waals surface area (Å²) in [4.78, 5) is 0. The molecule has 0 aromatic heterocycles. The monoisotopic (exact) mass is 234 g/mol. The second-order valence-corrected chi connectivity index (χ2v) is 3.62. The highest BCUT2D eigenvalue weighted by Gasteiger charge is 2.07. The van der Waals surface area contributed by atoms with Crippen molar-refractivity contribution in [1.82, 2.24) is 0 Å². The number of rotatable bonds is 3. The van der Waals surface area contributed by atoms with Crippen LogP contribution in [0.3, 0.4) is 0 Å². The van der Waals surface area contributed by atoms with Crippen molar-refractivity contribution in [3.8, 4) is 0 Å². The van der Waals surface area contributed by atoms with Crippen molar-refractivity contribution in [1.29, 1.82) is 0 Å². The van der Waals surface area contributed by atoms with Crippen LogP contribution in [0.4, 0.5) is 0 Å². The molecule has 0 amide bonds. The molecule has 0 spiro atoms. The van der Waals surface area contributed by atoms with E-state index in [1.807, 2.05) is 25.1 Å². The lowest BCUT2D eigenvalue weighted by Gasteiger charge is -2.13. The van der Waals surface area contributed by atoms with Crippen molar-refractivity contribution in [3.05, 3.63) is 34.3 Å². The van der Waals surface area contributed by atoms with Gasteiger partial charge in [0.15, 0.2) is 0 Å². The first kappa shape index (κ1) is 13.7. The summed E-state index contributed by atoms with van der Waals surface area (Å²) in [7, 11) is 0. The summed E-state index contributed by atoms with van der Waals surface area (Å²) in [6, 6.07) is 5.79. The molecule has 4 N–H and O–H groups in total. The smallest absolute Gasteiger partial charge is 0.0408 e. The highest BCUT2D eigenvalue weighted by molar-refractivity contribution is 6.30. The Hall–Kier alpha value is -0.280. The third-order valence-electron chi connectivity index (χ3n) is 2.11. The van der Waals surface area contributed by atoms with E-state index >= 15 is 0 Å². The molecule has 0 aliphatic carbocycles. The van der Waals surface area contributed by atoms with E-state index < -0.39 is 0 Å². The molecule has 0 saturated carbocycles. The summed E-state index contributed by atoms with van der Waals surface area (Å²) < 4.78 is 0. The normalized spacial score (nSPS) is 12.0. The first-order chi connectivity index (χ1) is 6.15. The SMILES string of the molecule is Cc1cc(Cl)ccc1[C@@H](N)CCN.Cl. The van der Waals surface area contributed by atoms with E-state index in [2.05, 4.69) is 0 Å². The van der Waals surface area contributed by atoms with Gasteiger partial charge in [-0.1, -0.05) is 17.7 Å². The molecule has 0 unspecified atom stereocenters. The van der Waals surface area contributed by atoms with Crippen molar-refractivity contribution in [2.75, 3.05) is 6.54 Å². The number of aryl methyl sites for hydroxylation is 1. The van der Waals surface area contributed by atoms with Gasteiger partial charge in [-0.05, 0) is 43.1 Å². The largest absolute Gasteiger partial charge is 0.330 e. The Kier molecular flexibility index (Phi) is 6.12. The van der Waals surface area contributed by atoms with Crippen LogP contribution in [-0.4, -0.2) is 6.54 Å². The Balaban J connectivity index is 0.00000169. The predicted molar refractivity (Wildman–Crippen MR) is 64.0 cm³/mol. The Morgan fingerprint density at radius 1 is 1.43 bits per heavy atom. The molecule has 0 bridgehead atoms. The zero-order chi connectivity index (χ0) is 9.84. The highest BCUT2D eigenvalue weighted by Crippen LogP contribution is 2.21. The molecule has 1 atom stereocenters. The highest BCUT2D eigenvalue weighted by atomic mass is 35.5. The van der Waals surface area contributed by atoms with Gasteiger partial charge in [-0.2, -0.15) is 0 Å². The van der Waals surface area contributed by atoms with Gasteiger partial charge in [-0.15, -0.1) is 12.4 Å². The van der Waals surface area contributed by atoms with Gasteiger partial charge in [-0.25, -0.2) is 0 Å². The number of hydrogen-bond acceptors (Lipinski definition) is 2. The first-order valence-corrected chi connectivity index (χ1v) is 4.74. The molecule has 14 heavy (non-hydrogen) atoms. The van der Waals surface area contributed by atoms with E-state index in [0.29, 0.717) is 6.54 Å². The lowest BCUT2D eigenvalue weighted by atomic mass is 10.00. The van der Waals surface area contributed by atoms with Gasteiger partial charge in [0, 0.05) is 11.1 Å². The van der Waals surface area contributed by atoms with Crippen LogP contribution in [0.2, 0.25) is 5.02 Å². The minimum atomic E-state index is 0. The molecule has 0 saturated heterocycles. The van der Waals surface area contributed by atoms with Crippen molar-refractivity contribution < 1.29 is 0 Å². The van der Waals surface area contributed by atoms with Gasteiger partial charge < -0.3 is 11.5 Å². The minimum Gasteiger partial charge on any atom is -0.330 e. The second kappa shape index (κ2) is 6.25. The minimum absolute atomic E-state index is 0. The van der Waals surface area contributed by atoms with Crippen molar-refractivity contribution in [3.63, 3.8) is 0 Å². The summed E-state index contributed by atoms with van der Waals surface area (Å²) in [6.07, 6.45) is 0.808. The molecule has 2 nitrogen and oxygen atoms in total. The third-order valence-corrected chi connectivity index (χ3v) is 2.34. The molecule has 80 valence electrons. The van der Waals surface area contributed by atoms with Gasteiger partial charge in [-0.3, -0.25) is 0 Å². The number of halogens is 2. The molecular formula is C10H16Cl2N2. The molecule has 0 heterocycles. The third kappa shape index (κ3) is 3.46. The zero-order valence-electron chi connectivity index (χ0n) is 8.16. The van der Waals surface area contributed by atoms with Gasteiger partial charge >= 0.3 is 0 Å². The molecule has 4 heteroatoms. The van der Waals surface area contributed by atoms with Crippen LogP contribution < -0.4 is 11.5 Å². The van der Waals surface area contributed by atoms with E-state index in [0.717, 1.165) is 22.6 Å². The molecule has 1 aromatic rings. The summed E-state index contributed by atoms with van der Waals surface area (Å²) in [6.45, 7) is 2.63. The van der Waals surface area contributed by atoms with Crippen molar-refractivity contribution >= 4 is 24.0 Å². The van der Waals surface area contributed by atoms with Gasteiger partial charge in [0.25, 0.3) is 0 Å². The fraction of sp³-hybridized carbons (Fsp3) is 0.400. The summed E-state index contributed by atoms with van der Waals surface area (Å²) >= 11 is 5.83. The second-order valence-electron chi connectivity index (χ2n) is 3.18. The summed E-state index contributed by atoms with van der Waals surface area (Å²) in [5, 5.41) is 0.751. The molecule has 0 radical (unpaired) electrons. The lowest BCUT2D eigenvalue weighted by Crippen LogP contribution is -2.16. The first-order valence-electron chi connectivity index (χ1n) is 4.37. The molecule has 1 rings (SSSR count). The van der Waals surface area contributed by atoms with Crippen LogP contribution in [-0.2, 0) is 0 Å². The number of benzene rings is 1. The average Bonchev–Trinajstić information content (AvgIpc) is 2.04. The Morgan fingerprint density at radius 3 is 2.57 bits per heavy atom. The average molecular weight is 235 g/mol. The maximum atomic E-state index is 5.93. The quantitative estimate of drug-likeness (QED) is 0.845. The summed E-state index contributed by atoms with van der Waals surface area (Å²) in [5.41, 5.74) is 13.6. The van der Waals surface area contributed by atoms with Gasteiger partial charge in [0.05, 0.1) is 0 Å². The zero-order valence-corrected chi connectivity index (χ0v) is 9.74. The number of nitrogens with two attached hydrogens (primary N) is 2. The fourth-order valence-electron chi connectivity index (χ4n) is 1.39. The van der Waals surface area contributed by atoms with Gasteiger partial charge in [0.1, 0.15) is 0 Å². The Morgan fingerprint density at radius 2 is 2.07 bits per heavy atom. The molecule has 1 aromatic carbocycles. The van der Waals surface area contributed by atoms with E-state index in [-0.39, 0.29) is 18.4 Å². The van der Waals surface area contributed by atoms with E-state index in [9.17, 15) is 0 Å². The molecular weight excluding hydrogens is 219 g/mol.